The van der Waals surface area contributed by atoms with E-state index in [0.29, 0.717) is 5.78 Å². The molecule has 1 aromatic carbocycles. The third-order valence-corrected chi connectivity index (χ3v) is 3.54. The Morgan fingerprint density at radius 2 is 2.00 bits per heavy atom. The quantitative estimate of drug-likeness (QED) is 0.771. The first-order valence-electron chi connectivity index (χ1n) is 5.94. The molecule has 1 N–H and O–H groups in total. The van der Waals surface area contributed by atoms with Gasteiger partial charge in [-0.25, -0.2) is 0 Å². The van der Waals surface area contributed by atoms with Crippen LogP contribution in [0.4, 0.5) is 0 Å². The molecule has 2 nitrogen and oxygen atoms in total. The van der Waals surface area contributed by atoms with Crippen LogP contribution >= 0.6 is 0 Å². The standard InChI is InChI=1S/C14H19NO/c1-11-4-3-5-12(10-11)13(16)14(2)6-8-15-9-7-14/h3-5,10,15H,6-9H2,1-2H3. The van der Waals surface area contributed by atoms with E-state index >= 15 is 0 Å². The molecule has 0 atom stereocenters. The largest absolute Gasteiger partial charge is 0.317 e. The number of hydrogen-bond acceptors (Lipinski definition) is 2. The van der Waals surface area contributed by atoms with Crippen LogP contribution in [0.3, 0.4) is 0 Å². The van der Waals surface area contributed by atoms with E-state index in [1.807, 2.05) is 31.2 Å². The summed E-state index contributed by atoms with van der Waals surface area (Å²) in [4.78, 5) is 12.4. The Hall–Kier alpha value is -1.15. The Bertz CT molecular complexity index is 391. The summed E-state index contributed by atoms with van der Waals surface area (Å²) >= 11 is 0. The van der Waals surface area contributed by atoms with Gasteiger partial charge in [0, 0.05) is 11.0 Å². The van der Waals surface area contributed by atoms with Crippen LogP contribution in [-0.4, -0.2) is 18.9 Å². The smallest absolute Gasteiger partial charge is 0.168 e. The molecule has 0 aromatic heterocycles. The fourth-order valence-electron chi connectivity index (χ4n) is 2.34. The van der Waals surface area contributed by atoms with E-state index < -0.39 is 0 Å². The maximum Gasteiger partial charge on any atom is 0.168 e. The summed E-state index contributed by atoms with van der Waals surface area (Å²) in [7, 11) is 0. The zero-order chi connectivity index (χ0) is 11.6. The van der Waals surface area contributed by atoms with E-state index in [2.05, 4.69) is 12.2 Å². The van der Waals surface area contributed by atoms with Gasteiger partial charge in [0.1, 0.15) is 0 Å². The Morgan fingerprint density at radius 1 is 1.31 bits per heavy atom. The third-order valence-electron chi connectivity index (χ3n) is 3.54. The molecule has 86 valence electrons. The highest BCUT2D eigenvalue weighted by Gasteiger charge is 2.34. The van der Waals surface area contributed by atoms with Crippen LogP contribution in [-0.2, 0) is 0 Å². The van der Waals surface area contributed by atoms with Gasteiger partial charge in [0.05, 0.1) is 0 Å². The summed E-state index contributed by atoms with van der Waals surface area (Å²) in [5.74, 6) is 0.303. The first kappa shape index (κ1) is 11.3. The van der Waals surface area contributed by atoms with Crippen molar-refractivity contribution in [3.63, 3.8) is 0 Å². The zero-order valence-electron chi connectivity index (χ0n) is 10.0. The normalized spacial score (nSPS) is 19.4. The molecule has 1 saturated heterocycles. The van der Waals surface area contributed by atoms with Crippen LogP contribution < -0.4 is 5.32 Å². The predicted molar refractivity (Wildman–Crippen MR) is 65.7 cm³/mol. The molecule has 1 heterocycles. The minimum Gasteiger partial charge on any atom is -0.317 e. The molecule has 0 spiro atoms. The maximum absolute atomic E-state index is 12.4. The number of rotatable bonds is 2. The Balaban J connectivity index is 2.24. The molecule has 1 aliphatic heterocycles. The van der Waals surface area contributed by atoms with Gasteiger partial charge in [0.25, 0.3) is 0 Å². The fourth-order valence-corrected chi connectivity index (χ4v) is 2.34. The number of piperidine rings is 1. The highest BCUT2D eigenvalue weighted by Crippen LogP contribution is 2.32. The summed E-state index contributed by atoms with van der Waals surface area (Å²) < 4.78 is 0. The monoisotopic (exact) mass is 217 g/mol. The number of carbonyl (C=O) groups excluding carboxylic acids is 1. The molecule has 1 fully saturated rings. The molecule has 0 saturated carbocycles. The lowest BCUT2D eigenvalue weighted by molar-refractivity contribution is 0.0762. The lowest BCUT2D eigenvalue weighted by atomic mass is 9.75. The number of benzene rings is 1. The lowest BCUT2D eigenvalue weighted by Crippen LogP contribution is -2.40. The van der Waals surface area contributed by atoms with Crippen molar-refractivity contribution in [1.29, 1.82) is 0 Å². The van der Waals surface area contributed by atoms with Crippen LogP contribution in [0.2, 0.25) is 0 Å². The molecule has 2 heteroatoms. The van der Waals surface area contributed by atoms with Crippen molar-refractivity contribution < 1.29 is 4.79 Å². The molecule has 0 bridgehead atoms. The first-order valence-corrected chi connectivity index (χ1v) is 5.94. The minimum atomic E-state index is -0.168. The predicted octanol–water partition coefficient (Wildman–Crippen LogP) is 2.57. The van der Waals surface area contributed by atoms with Gasteiger partial charge in [0.15, 0.2) is 5.78 Å². The van der Waals surface area contributed by atoms with E-state index in [0.717, 1.165) is 37.1 Å². The average Bonchev–Trinajstić information content (AvgIpc) is 2.29. The number of ketones is 1. The molecule has 2 rings (SSSR count). The van der Waals surface area contributed by atoms with Crippen LogP contribution in [0.1, 0.15) is 35.7 Å². The Labute approximate surface area is 97.1 Å². The first-order chi connectivity index (χ1) is 7.62. The second kappa shape index (κ2) is 4.38. The van der Waals surface area contributed by atoms with Crippen LogP contribution in [0.15, 0.2) is 24.3 Å². The van der Waals surface area contributed by atoms with E-state index in [1.54, 1.807) is 0 Å². The topological polar surface area (TPSA) is 29.1 Å². The zero-order valence-corrected chi connectivity index (χ0v) is 10.0. The molecule has 0 radical (unpaired) electrons. The summed E-state index contributed by atoms with van der Waals surface area (Å²) in [6.07, 6.45) is 1.89. The molecular weight excluding hydrogens is 198 g/mol. The van der Waals surface area contributed by atoms with E-state index in [1.165, 1.54) is 0 Å². The molecule has 1 aliphatic rings. The van der Waals surface area contributed by atoms with Gasteiger partial charge in [-0.3, -0.25) is 4.79 Å². The average molecular weight is 217 g/mol. The number of hydrogen-bond donors (Lipinski definition) is 1. The highest BCUT2D eigenvalue weighted by molar-refractivity contribution is 6.00. The second-order valence-corrected chi connectivity index (χ2v) is 5.01. The minimum absolute atomic E-state index is 0.168. The summed E-state index contributed by atoms with van der Waals surface area (Å²) in [5.41, 5.74) is 1.85. The van der Waals surface area contributed by atoms with E-state index in [9.17, 15) is 4.79 Å². The van der Waals surface area contributed by atoms with Crippen LogP contribution in [0.5, 0.6) is 0 Å². The second-order valence-electron chi connectivity index (χ2n) is 5.01. The van der Waals surface area contributed by atoms with Crippen molar-refractivity contribution in [3.05, 3.63) is 35.4 Å². The number of Topliss-reactive ketones (excluding diaryl/α,β-unsaturated/α-hetero) is 1. The van der Waals surface area contributed by atoms with Crippen molar-refractivity contribution in [3.8, 4) is 0 Å². The van der Waals surface area contributed by atoms with Crippen molar-refractivity contribution >= 4 is 5.78 Å². The van der Waals surface area contributed by atoms with Crippen LogP contribution in [0, 0.1) is 12.3 Å². The molecular formula is C14H19NO. The van der Waals surface area contributed by atoms with Gasteiger partial charge in [-0.1, -0.05) is 30.7 Å². The Morgan fingerprint density at radius 3 is 2.62 bits per heavy atom. The summed E-state index contributed by atoms with van der Waals surface area (Å²) in [5, 5.41) is 3.31. The Kier molecular flexibility index (Phi) is 3.10. The third kappa shape index (κ3) is 2.17. The molecule has 0 aliphatic carbocycles. The van der Waals surface area contributed by atoms with Gasteiger partial charge in [-0.2, -0.15) is 0 Å². The SMILES string of the molecule is Cc1cccc(C(=O)C2(C)CCNCC2)c1. The summed E-state index contributed by atoms with van der Waals surface area (Å²) in [6.45, 7) is 6.03. The number of nitrogens with one attached hydrogen (secondary N) is 1. The molecule has 0 unspecified atom stereocenters. The van der Waals surface area contributed by atoms with Crippen molar-refractivity contribution in [2.45, 2.75) is 26.7 Å². The summed E-state index contributed by atoms with van der Waals surface area (Å²) in [6, 6.07) is 7.92. The van der Waals surface area contributed by atoms with Gasteiger partial charge in [-0.05, 0) is 38.9 Å². The van der Waals surface area contributed by atoms with Crippen molar-refractivity contribution in [2.24, 2.45) is 5.41 Å². The van der Waals surface area contributed by atoms with Gasteiger partial charge < -0.3 is 5.32 Å². The lowest BCUT2D eigenvalue weighted by Gasteiger charge is -2.32. The van der Waals surface area contributed by atoms with Gasteiger partial charge in [0.2, 0.25) is 0 Å². The fraction of sp³-hybridized carbons (Fsp3) is 0.500. The van der Waals surface area contributed by atoms with Gasteiger partial charge >= 0.3 is 0 Å². The van der Waals surface area contributed by atoms with E-state index in [-0.39, 0.29) is 5.41 Å². The molecule has 0 amide bonds. The molecule has 16 heavy (non-hydrogen) atoms. The number of carbonyl (C=O) groups is 1. The molecule has 1 aromatic rings. The van der Waals surface area contributed by atoms with E-state index in [4.69, 9.17) is 0 Å². The highest BCUT2D eigenvalue weighted by atomic mass is 16.1. The maximum atomic E-state index is 12.4. The van der Waals surface area contributed by atoms with Crippen LogP contribution in [0.25, 0.3) is 0 Å². The van der Waals surface area contributed by atoms with Crippen molar-refractivity contribution in [2.75, 3.05) is 13.1 Å². The van der Waals surface area contributed by atoms with Gasteiger partial charge in [-0.15, -0.1) is 0 Å². The van der Waals surface area contributed by atoms with Crippen molar-refractivity contribution in [1.82, 2.24) is 5.32 Å². The number of aryl methyl sites for hydroxylation is 1.